The zero-order chi connectivity index (χ0) is 17.1. The molecule has 0 unspecified atom stereocenters. The van der Waals surface area contributed by atoms with E-state index >= 15 is 0 Å². The van der Waals surface area contributed by atoms with Crippen LogP contribution in [0, 0.1) is 5.92 Å². The van der Waals surface area contributed by atoms with Crippen molar-refractivity contribution in [1.29, 1.82) is 0 Å². The zero-order valence-electron chi connectivity index (χ0n) is 14.5. The predicted molar refractivity (Wildman–Crippen MR) is 95.5 cm³/mol. The summed E-state index contributed by atoms with van der Waals surface area (Å²) in [4.78, 5) is 28.5. The second kappa shape index (κ2) is 7.66. The van der Waals surface area contributed by atoms with E-state index in [1.54, 1.807) is 11.3 Å². The predicted octanol–water partition coefficient (Wildman–Crippen LogP) is 3.43. The SMILES string of the molecule is CCOC(=O)c1c(NC(=O)C2CCCC2)sc2c1CCN(CC)C2. The Morgan fingerprint density at radius 3 is 2.71 bits per heavy atom. The first-order valence-electron chi connectivity index (χ1n) is 8.98. The summed E-state index contributed by atoms with van der Waals surface area (Å²) in [5.74, 6) is -0.156. The molecule has 6 heteroatoms. The van der Waals surface area contributed by atoms with E-state index in [4.69, 9.17) is 4.74 Å². The van der Waals surface area contributed by atoms with Crippen molar-refractivity contribution in [3.05, 3.63) is 16.0 Å². The molecule has 1 aliphatic carbocycles. The van der Waals surface area contributed by atoms with Crippen LogP contribution in [0.25, 0.3) is 0 Å². The van der Waals surface area contributed by atoms with Gasteiger partial charge in [0, 0.05) is 23.9 Å². The molecule has 0 radical (unpaired) electrons. The summed E-state index contributed by atoms with van der Waals surface area (Å²) in [6, 6.07) is 0. The maximum atomic E-state index is 12.5. The fraction of sp³-hybridized carbons (Fsp3) is 0.667. The lowest BCUT2D eigenvalue weighted by Gasteiger charge is -2.25. The van der Waals surface area contributed by atoms with E-state index in [0.717, 1.165) is 57.3 Å². The van der Waals surface area contributed by atoms with Crippen LogP contribution in [0.3, 0.4) is 0 Å². The first-order chi connectivity index (χ1) is 11.6. The summed E-state index contributed by atoms with van der Waals surface area (Å²) in [6.07, 6.45) is 4.99. The molecule has 24 heavy (non-hydrogen) atoms. The van der Waals surface area contributed by atoms with Gasteiger partial charge in [0.1, 0.15) is 5.00 Å². The Balaban J connectivity index is 1.87. The number of hydrogen-bond acceptors (Lipinski definition) is 5. The Bertz CT molecular complexity index is 620. The quantitative estimate of drug-likeness (QED) is 0.827. The van der Waals surface area contributed by atoms with Gasteiger partial charge in [-0.25, -0.2) is 4.79 Å². The molecule has 1 aliphatic heterocycles. The molecule has 2 heterocycles. The van der Waals surface area contributed by atoms with Crippen LogP contribution in [-0.4, -0.2) is 36.5 Å². The van der Waals surface area contributed by atoms with Crippen LogP contribution in [-0.2, 0) is 22.5 Å². The van der Waals surface area contributed by atoms with Crippen molar-refractivity contribution in [1.82, 2.24) is 4.90 Å². The van der Waals surface area contributed by atoms with Gasteiger partial charge < -0.3 is 10.1 Å². The molecular weight excluding hydrogens is 324 g/mol. The van der Waals surface area contributed by atoms with Crippen LogP contribution in [0.4, 0.5) is 5.00 Å². The summed E-state index contributed by atoms with van der Waals surface area (Å²) < 4.78 is 5.26. The van der Waals surface area contributed by atoms with Gasteiger partial charge in [0.15, 0.2) is 0 Å². The lowest BCUT2D eigenvalue weighted by atomic mass is 10.0. The molecule has 132 valence electrons. The molecule has 0 saturated heterocycles. The topological polar surface area (TPSA) is 58.6 Å². The number of rotatable bonds is 5. The third-order valence-corrected chi connectivity index (χ3v) is 6.16. The molecule has 1 N–H and O–H groups in total. The van der Waals surface area contributed by atoms with Gasteiger partial charge in [-0.1, -0.05) is 19.8 Å². The maximum Gasteiger partial charge on any atom is 0.341 e. The second-order valence-corrected chi connectivity index (χ2v) is 7.62. The molecular formula is C18H26N2O3S. The number of ether oxygens (including phenoxy) is 1. The van der Waals surface area contributed by atoms with Crippen molar-refractivity contribution in [3.63, 3.8) is 0 Å². The minimum absolute atomic E-state index is 0.0593. The zero-order valence-corrected chi connectivity index (χ0v) is 15.3. The second-order valence-electron chi connectivity index (χ2n) is 6.52. The van der Waals surface area contributed by atoms with Crippen LogP contribution < -0.4 is 5.32 Å². The number of nitrogens with one attached hydrogen (secondary N) is 1. The number of carbonyl (C=O) groups excluding carboxylic acids is 2. The number of esters is 1. The van der Waals surface area contributed by atoms with Crippen LogP contribution in [0.1, 0.15) is 60.3 Å². The average molecular weight is 350 g/mol. The molecule has 1 amide bonds. The van der Waals surface area contributed by atoms with Crippen molar-refractivity contribution >= 4 is 28.2 Å². The highest BCUT2D eigenvalue weighted by Crippen LogP contribution is 2.38. The van der Waals surface area contributed by atoms with Crippen LogP contribution >= 0.6 is 11.3 Å². The van der Waals surface area contributed by atoms with E-state index in [9.17, 15) is 9.59 Å². The highest BCUT2D eigenvalue weighted by molar-refractivity contribution is 7.17. The number of fused-ring (bicyclic) bond motifs is 1. The molecule has 1 aromatic rings. The van der Waals surface area contributed by atoms with Gasteiger partial charge in [-0.15, -0.1) is 11.3 Å². The maximum absolute atomic E-state index is 12.5. The van der Waals surface area contributed by atoms with Crippen molar-refractivity contribution < 1.29 is 14.3 Å². The number of carbonyl (C=O) groups is 2. The van der Waals surface area contributed by atoms with Gasteiger partial charge in [-0.2, -0.15) is 0 Å². The number of hydrogen-bond donors (Lipinski definition) is 1. The third-order valence-electron chi connectivity index (χ3n) is 5.03. The molecule has 1 saturated carbocycles. The molecule has 2 aliphatic rings. The van der Waals surface area contributed by atoms with E-state index in [-0.39, 0.29) is 17.8 Å². The highest BCUT2D eigenvalue weighted by atomic mass is 32.1. The van der Waals surface area contributed by atoms with Crippen LogP contribution in [0.15, 0.2) is 0 Å². The van der Waals surface area contributed by atoms with Gasteiger partial charge in [0.2, 0.25) is 5.91 Å². The Morgan fingerprint density at radius 2 is 2.04 bits per heavy atom. The monoisotopic (exact) mass is 350 g/mol. The number of thiophene rings is 1. The van der Waals surface area contributed by atoms with Gasteiger partial charge in [-0.3, -0.25) is 9.69 Å². The Kier molecular flexibility index (Phi) is 5.56. The molecule has 0 bridgehead atoms. The average Bonchev–Trinajstić information content (AvgIpc) is 3.21. The summed E-state index contributed by atoms with van der Waals surface area (Å²) >= 11 is 1.55. The van der Waals surface area contributed by atoms with Gasteiger partial charge in [0.25, 0.3) is 0 Å². The van der Waals surface area contributed by atoms with E-state index < -0.39 is 0 Å². The standard InChI is InChI=1S/C18H26N2O3S/c1-3-20-10-9-13-14(11-20)24-17(15(13)18(22)23-4-2)19-16(21)12-7-5-6-8-12/h12H,3-11H2,1-2H3,(H,19,21). The molecule has 3 rings (SSSR count). The number of amides is 1. The fourth-order valence-corrected chi connectivity index (χ4v) is 4.92. The number of likely N-dealkylation sites (N-methyl/N-ethyl adjacent to an activating group) is 1. The Morgan fingerprint density at radius 1 is 1.29 bits per heavy atom. The number of nitrogens with zero attached hydrogens (tertiary/aromatic N) is 1. The molecule has 5 nitrogen and oxygen atoms in total. The van der Waals surface area contributed by atoms with Gasteiger partial charge in [0.05, 0.1) is 12.2 Å². The van der Waals surface area contributed by atoms with Crippen molar-refractivity contribution in [2.75, 3.05) is 25.0 Å². The molecule has 0 atom stereocenters. The van der Waals surface area contributed by atoms with E-state index in [0.29, 0.717) is 17.2 Å². The van der Waals surface area contributed by atoms with Crippen molar-refractivity contribution in [2.45, 2.75) is 52.5 Å². The fourth-order valence-electron chi connectivity index (χ4n) is 3.64. The summed E-state index contributed by atoms with van der Waals surface area (Å²) in [5.41, 5.74) is 1.67. The lowest BCUT2D eigenvalue weighted by molar-refractivity contribution is -0.119. The Labute approximate surface area is 147 Å². The van der Waals surface area contributed by atoms with Crippen LogP contribution in [0.2, 0.25) is 0 Å². The largest absolute Gasteiger partial charge is 0.462 e. The van der Waals surface area contributed by atoms with Crippen molar-refractivity contribution in [3.8, 4) is 0 Å². The van der Waals surface area contributed by atoms with Crippen molar-refractivity contribution in [2.24, 2.45) is 5.92 Å². The van der Waals surface area contributed by atoms with Crippen LogP contribution in [0.5, 0.6) is 0 Å². The molecule has 1 fully saturated rings. The third kappa shape index (κ3) is 3.49. The van der Waals surface area contributed by atoms with E-state index in [1.165, 1.54) is 4.88 Å². The summed E-state index contributed by atoms with van der Waals surface area (Å²) in [5, 5.41) is 3.73. The van der Waals surface area contributed by atoms with Gasteiger partial charge in [-0.05, 0) is 38.3 Å². The number of anilines is 1. The normalized spacial score (nSPS) is 18.4. The highest BCUT2D eigenvalue weighted by Gasteiger charge is 2.31. The van der Waals surface area contributed by atoms with E-state index in [1.807, 2.05) is 6.92 Å². The minimum Gasteiger partial charge on any atom is -0.462 e. The Hall–Kier alpha value is -1.40. The van der Waals surface area contributed by atoms with E-state index in [2.05, 4.69) is 17.1 Å². The first-order valence-corrected chi connectivity index (χ1v) is 9.80. The summed E-state index contributed by atoms with van der Waals surface area (Å²) in [6.45, 7) is 7.10. The molecule has 0 spiro atoms. The minimum atomic E-state index is -0.304. The molecule has 0 aromatic carbocycles. The summed E-state index contributed by atoms with van der Waals surface area (Å²) in [7, 11) is 0. The first kappa shape index (κ1) is 17.4. The lowest BCUT2D eigenvalue weighted by Crippen LogP contribution is -2.30. The molecule has 1 aromatic heterocycles. The smallest absolute Gasteiger partial charge is 0.341 e. The van der Waals surface area contributed by atoms with Gasteiger partial charge >= 0.3 is 5.97 Å².